The van der Waals surface area contributed by atoms with Crippen LogP contribution in [0.5, 0.6) is 5.75 Å². The predicted octanol–water partition coefficient (Wildman–Crippen LogP) is 4.64. The van der Waals surface area contributed by atoms with Crippen molar-refractivity contribution in [3.63, 3.8) is 0 Å². The van der Waals surface area contributed by atoms with Gasteiger partial charge in [-0.3, -0.25) is 4.79 Å². The highest BCUT2D eigenvalue weighted by molar-refractivity contribution is 6.33. The van der Waals surface area contributed by atoms with Crippen molar-refractivity contribution in [2.75, 3.05) is 6.61 Å². The van der Waals surface area contributed by atoms with Gasteiger partial charge in [-0.1, -0.05) is 23.7 Å². The van der Waals surface area contributed by atoms with Crippen molar-refractivity contribution in [2.24, 2.45) is 0 Å². The molecule has 0 atom stereocenters. The lowest BCUT2D eigenvalue weighted by Gasteiger charge is -2.07. The minimum absolute atomic E-state index is 0.0601. The molecule has 0 amide bonds. The monoisotopic (exact) mass is 368 g/mol. The molecule has 2 heterocycles. The van der Waals surface area contributed by atoms with E-state index in [0.29, 0.717) is 17.0 Å². The van der Waals surface area contributed by atoms with Gasteiger partial charge in [0, 0.05) is 18.0 Å². The zero-order chi connectivity index (χ0) is 18.2. The largest absolute Gasteiger partial charge is 0.486 e. The van der Waals surface area contributed by atoms with E-state index in [1.54, 1.807) is 24.3 Å². The molecule has 0 spiro atoms. The molecule has 0 aliphatic rings. The molecule has 0 aliphatic heterocycles. The van der Waals surface area contributed by atoms with Gasteiger partial charge in [-0.15, -0.1) is 0 Å². The third-order valence-electron chi connectivity index (χ3n) is 3.41. The van der Waals surface area contributed by atoms with Crippen molar-refractivity contribution in [3.8, 4) is 17.0 Å². The predicted molar refractivity (Wildman–Crippen MR) is 86.8 cm³/mol. The van der Waals surface area contributed by atoms with Crippen LogP contribution in [0.2, 0.25) is 5.02 Å². The van der Waals surface area contributed by atoms with Gasteiger partial charge in [0.2, 0.25) is 0 Å². The smallest absolute Gasteiger partial charge is 0.417 e. The number of ether oxygens (including phenoxy) is 1. The first-order valence-corrected chi connectivity index (χ1v) is 7.60. The normalized spacial score (nSPS) is 11.7. The Hall–Kier alpha value is -2.54. The molecule has 0 saturated carbocycles. The van der Waals surface area contributed by atoms with Crippen LogP contribution in [0.15, 0.2) is 42.7 Å². The average molecular weight is 369 g/mol. The van der Waals surface area contributed by atoms with Gasteiger partial charge >= 0.3 is 6.18 Å². The van der Waals surface area contributed by atoms with Gasteiger partial charge in [-0.05, 0) is 25.1 Å². The summed E-state index contributed by atoms with van der Waals surface area (Å²) in [5, 5.41) is -0.0925. The molecule has 0 fully saturated rings. The van der Waals surface area contributed by atoms with Crippen LogP contribution in [0.25, 0.3) is 16.9 Å². The van der Waals surface area contributed by atoms with E-state index in [1.165, 1.54) is 17.5 Å². The summed E-state index contributed by atoms with van der Waals surface area (Å²) in [6.45, 7) is 1.35. The van der Waals surface area contributed by atoms with E-state index in [4.69, 9.17) is 16.3 Å². The van der Waals surface area contributed by atoms with Crippen LogP contribution in [-0.2, 0) is 11.0 Å². The van der Waals surface area contributed by atoms with Gasteiger partial charge in [0.05, 0.1) is 16.3 Å². The molecule has 3 aromatic rings. The average Bonchev–Trinajstić information content (AvgIpc) is 2.97. The number of rotatable bonds is 4. The second-order valence-corrected chi connectivity index (χ2v) is 5.86. The number of aromatic nitrogens is 2. The number of ketones is 1. The summed E-state index contributed by atoms with van der Waals surface area (Å²) in [7, 11) is 0. The van der Waals surface area contributed by atoms with E-state index in [9.17, 15) is 18.0 Å². The number of alkyl halides is 3. The van der Waals surface area contributed by atoms with E-state index in [-0.39, 0.29) is 23.1 Å². The van der Waals surface area contributed by atoms with Crippen molar-refractivity contribution in [2.45, 2.75) is 13.1 Å². The molecule has 0 radical (unpaired) electrons. The van der Waals surface area contributed by atoms with Crippen LogP contribution < -0.4 is 4.74 Å². The number of hydrogen-bond donors (Lipinski definition) is 0. The highest BCUT2D eigenvalue weighted by Crippen LogP contribution is 2.33. The number of carbonyl (C=O) groups is 1. The first kappa shape index (κ1) is 17.3. The van der Waals surface area contributed by atoms with Gasteiger partial charge < -0.3 is 9.14 Å². The number of benzene rings is 1. The lowest BCUT2D eigenvalue weighted by molar-refractivity contribution is -0.137. The third kappa shape index (κ3) is 3.76. The van der Waals surface area contributed by atoms with E-state index in [2.05, 4.69) is 4.98 Å². The molecule has 0 aliphatic carbocycles. The first-order valence-electron chi connectivity index (χ1n) is 7.22. The van der Waals surface area contributed by atoms with Gasteiger partial charge in [0.15, 0.2) is 11.4 Å². The number of imidazole rings is 1. The molecular formula is C17H12ClF3N2O2. The van der Waals surface area contributed by atoms with Crippen molar-refractivity contribution in [1.82, 2.24) is 9.38 Å². The second-order valence-electron chi connectivity index (χ2n) is 5.45. The highest BCUT2D eigenvalue weighted by Gasteiger charge is 2.31. The minimum atomic E-state index is -4.50. The first-order chi connectivity index (χ1) is 11.7. The molecular weight excluding hydrogens is 357 g/mol. The quantitative estimate of drug-likeness (QED) is 0.673. The summed E-state index contributed by atoms with van der Waals surface area (Å²) < 4.78 is 45.2. The van der Waals surface area contributed by atoms with E-state index in [1.807, 2.05) is 0 Å². The number of carbonyl (C=O) groups excluding carboxylic acids is 1. The summed E-state index contributed by atoms with van der Waals surface area (Å²) in [5.74, 6) is 0.344. The number of hydrogen-bond acceptors (Lipinski definition) is 3. The van der Waals surface area contributed by atoms with E-state index >= 15 is 0 Å². The van der Waals surface area contributed by atoms with E-state index in [0.717, 1.165) is 12.3 Å². The molecule has 0 bridgehead atoms. The molecule has 130 valence electrons. The summed E-state index contributed by atoms with van der Waals surface area (Å²) in [6.07, 6.45) is -2.10. The summed E-state index contributed by atoms with van der Waals surface area (Å²) in [6, 6.07) is 7.62. The molecule has 0 N–H and O–H groups in total. The van der Waals surface area contributed by atoms with Crippen LogP contribution >= 0.6 is 11.6 Å². The number of pyridine rings is 1. The molecule has 0 unspecified atom stereocenters. The van der Waals surface area contributed by atoms with Crippen LogP contribution in [-0.4, -0.2) is 21.8 Å². The van der Waals surface area contributed by atoms with Gasteiger partial charge in [-0.25, -0.2) is 4.98 Å². The maximum Gasteiger partial charge on any atom is 0.417 e. The Labute approximate surface area is 145 Å². The topological polar surface area (TPSA) is 43.6 Å². The fourth-order valence-corrected chi connectivity index (χ4v) is 2.54. The molecule has 8 heteroatoms. The minimum Gasteiger partial charge on any atom is -0.486 e. The number of halogens is 4. The molecule has 0 saturated heterocycles. The molecule has 25 heavy (non-hydrogen) atoms. The van der Waals surface area contributed by atoms with E-state index < -0.39 is 11.7 Å². The Morgan fingerprint density at radius 2 is 2.04 bits per heavy atom. The second kappa shape index (κ2) is 6.40. The van der Waals surface area contributed by atoms with Gasteiger partial charge in [-0.2, -0.15) is 13.2 Å². The van der Waals surface area contributed by atoms with Crippen molar-refractivity contribution < 1.29 is 22.7 Å². The zero-order valence-electron chi connectivity index (χ0n) is 13.0. The van der Waals surface area contributed by atoms with Gasteiger partial charge in [0.25, 0.3) is 0 Å². The lowest BCUT2D eigenvalue weighted by atomic mass is 10.1. The van der Waals surface area contributed by atoms with Gasteiger partial charge in [0.1, 0.15) is 12.4 Å². The van der Waals surface area contributed by atoms with Crippen LogP contribution in [0.3, 0.4) is 0 Å². The summed E-state index contributed by atoms with van der Waals surface area (Å²) >= 11 is 5.94. The summed E-state index contributed by atoms with van der Waals surface area (Å²) in [4.78, 5) is 15.3. The van der Waals surface area contributed by atoms with Crippen molar-refractivity contribution in [1.29, 1.82) is 0 Å². The highest BCUT2D eigenvalue weighted by atomic mass is 35.5. The zero-order valence-corrected chi connectivity index (χ0v) is 13.7. The van der Waals surface area contributed by atoms with Crippen LogP contribution in [0.1, 0.15) is 12.5 Å². The Morgan fingerprint density at radius 1 is 1.28 bits per heavy atom. The summed E-state index contributed by atoms with van der Waals surface area (Å²) in [5.41, 5.74) is 0.441. The number of fused-ring (bicyclic) bond motifs is 1. The van der Waals surface area contributed by atoms with Crippen molar-refractivity contribution in [3.05, 3.63) is 53.3 Å². The lowest BCUT2D eigenvalue weighted by Crippen LogP contribution is -2.06. The SMILES string of the molecule is CC(=O)COc1cccc(-c2cn3cc(C(F)(F)F)cc(Cl)c3n2)c1. The molecule has 1 aromatic carbocycles. The number of nitrogens with zero attached hydrogens (tertiary/aromatic N) is 2. The molecule has 3 rings (SSSR count). The Balaban J connectivity index is 2.01. The Morgan fingerprint density at radius 3 is 2.72 bits per heavy atom. The van der Waals surface area contributed by atoms with Crippen molar-refractivity contribution >= 4 is 23.0 Å². The number of Topliss-reactive ketones (excluding diaryl/α,β-unsaturated/α-hetero) is 1. The fraction of sp³-hybridized carbons (Fsp3) is 0.176. The maximum atomic E-state index is 12.9. The Kier molecular flexibility index (Phi) is 4.43. The third-order valence-corrected chi connectivity index (χ3v) is 3.68. The standard InChI is InChI=1S/C17H12ClF3N2O2/c1-10(24)9-25-13-4-2-3-11(5-13)15-8-23-7-12(17(19,20)21)6-14(18)16(23)22-15/h2-8H,9H2,1H3. The molecule has 4 nitrogen and oxygen atoms in total. The Bertz CT molecular complexity index is 951. The van der Waals surface area contributed by atoms with Crippen LogP contribution in [0, 0.1) is 0 Å². The molecule has 2 aromatic heterocycles. The van der Waals surface area contributed by atoms with Crippen LogP contribution in [0.4, 0.5) is 13.2 Å². The maximum absolute atomic E-state index is 12.9. The fourth-order valence-electron chi connectivity index (χ4n) is 2.28.